The zero-order valence-electron chi connectivity index (χ0n) is 16.2. The Morgan fingerprint density at radius 2 is 1.92 bits per heavy atom. The molecular formula is C21H28N4O. The van der Waals surface area contributed by atoms with Gasteiger partial charge >= 0.3 is 0 Å². The molecule has 3 N–H and O–H groups in total. The number of pyridine rings is 1. The third-order valence-corrected chi connectivity index (χ3v) is 4.76. The molecule has 0 spiro atoms. The maximum atomic E-state index is 12.6. The quantitative estimate of drug-likeness (QED) is 0.723. The van der Waals surface area contributed by atoms with Gasteiger partial charge in [0.05, 0.1) is 5.52 Å². The Bertz CT molecular complexity index is 867. The number of hydrogen-bond acceptors (Lipinski definition) is 4. The summed E-state index contributed by atoms with van der Waals surface area (Å²) >= 11 is 0. The normalized spacial score (nSPS) is 17.8. The molecule has 5 nitrogen and oxygen atoms in total. The first-order valence-corrected chi connectivity index (χ1v) is 9.09. The zero-order chi connectivity index (χ0) is 18.9. The maximum Gasteiger partial charge on any atom is 0.248 e. The van der Waals surface area contributed by atoms with E-state index in [4.69, 9.17) is 0 Å². The number of carbonyl (C=O) groups excluding carboxylic acids is 1. The second kappa shape index (κ2) is 6.72. The Morgan fingerprint density at radius 1 is 1.15 bits per heavy atom. The number of hydrogen-bond donors (Lipinski definition) is 3. The number of aryl methyl sites for hydroxylation is 1. The largest absolute Gasteiger partial charge is 0.383 e. The van der Waals surface area contributed by atoms with Crippen molar-refractivity contribution in [3.63, 3.8) is 0 Å². The van der Waals surface area contributed by atoms with E-state index in [9.17, 15) is 4.79 Å². The van der Waals surface area contributed by atoms with Crippen LogP contribution in [0.25, 0.3) is 10.9 Å². The third kappa shape index (κ3) is 3.73. The van der Waals surface area contributed by atoms with Crippen LogP contribution in [0.2, 0.25) is 0 Å². The monoisotopic (exact) mass is 352 g/mol. The van der Waals surface area contributed by atoms with Crippen molar-refractivity contribution in [3.8, 4) is 0 Å². The fraction of sp³-hybridized carbons (Fsp3) is 0.429. The van der Waals surface area contributed by atoms with Gasteiger partial charge in [0, 0.05) is 47.0 Å². The van der Waals surface area contributed by atoms with Crippen molar-refractivity contribution < 1.29 is 4.79 Å². The van der Waals surface area contributed by atoms with Crippen LogP contribution in [0.5, 0.6) is 0 Å². The summed E-state index contributed by atoms with van der Waals surface area (Å²) in [7, 11) is 0. The van der Waals surface area contributed by atoms with Crippen LogP contribution in [0.4, 0.5) is 5.69 Å². The van der Waals surface area contributed by atoms with E-state index >= 15 is 0 Å². The van der Waals surface area contributed by atoms with E-state index in [1.807, 2.05) is 38.3 Å². The molecule has 0 fully saturated rings. The molecule has 0 unspecified atom stereocenters. The summed E-state index contributed by atoms with van der Waals surface area (Å²) in [5.74, 6) is -0.00898. The molecule has 0 bridgehead atoms. The number of aromatic nitrogens is 1. The van der Waals surface area contributed by atoms with Crippen molar-refractivity contribution in [2.45, 2.75) is 45.7 Å². The number of carbonyl (C=O) groups is 1. The summed E-state index contributed by atoms with van der Waals surface area (Å²) in [6.45, 7) is 11.5. The third-order valence-electron chi connectivity index (χ3n) is 4.76. The van der Waals surface area contributed by atoms with E-state index in [2.05, 4.69) is 53.8 Å². The van der Waals surface area contributed by atoms with Crippen molar-refractivity contribution in [2.75, 3.05) is 18.4 Å². The standard InChI is InChI=1S/C21H28N4O/c1-14-7-6-8-15-17(9-10-23-18(14)15)22-11-12-24-19(26)16-13-20(2,3)25-21(16,4)5/h6-10,13,25H,11-12H2,1-5H3,(H,22,23)(H,24,26). The van der Waals surface area contributed by atoms with Gasteiger partial charge in [0.2, 0.25) is 5.91 Å². The van der Waals surface area contributed by atoms with Crippen molar-refractivity contribution in [3.05, 3.63) is 47.7 Å². The average molecular weight is 352 g/mol. The lowest BCUT2D eigenvalue weighted by Gasteiger charge is -2.27. The van der Waals surface area contributed by atoms with E-state index < -0.39 is 0 Å². The Kier molecular flexibility index (Phi) is 4.76. The molecule has 0 saturated carbocycles. The molecule has 1 aromatic heterocycles. The topological polar surface area (TPSA) is 66.0 Å². The molecule has 2 aromatic rings. The first-order chi connectivity index (χ1) is 12.2. The first kappa shape index (κ1) is 18.4. The summed E-state index contributed by atoms with van der Waals surface area (Å²) in [4.78, 5) is 17.0. The number of nitrogens with one attached hydrogen (secondary N) is 3. The van der Waals surface area contributed by atoms with Gasteiger partial charge in [0.1, 0.15) is 0 Å². The van der Waals surface area contributed by atoms with E-state index in [0.717, 1.165) is 27.7 Å². The van der Waals surface area contributed by atoms with Crippen LogP contribution in [0, 0.1) is 6.92 Å². The second-order valence-corrected chi connectivity index (χ2v) is 8.04. The first-order valence-electron chi connectivity index (χ1n) is 9.09. The van der Waals surface area contributed by atoms with Gasteiger partial charge < -0.3 is 10.6 Å². The molecule has 138 valence electrons. The number of rotatable bonds is 5. The molecule has 5 heteroatoms. The fourth-order valence-electron chi connectivity index (χ4n) is 3.75. The Balaban J connectivity index is 1.60. The van der Waals surface area contributed by atoms with E-state index in [-0.39, 0.29) is 17.0 Å². The molecule has 1 aromatic carbocycles. The molecule has 1 amide bonds. The van der Waals surface area contributed by atoms with E-state index in [1.165, 1.54) is 0 Å². The molecule has 3 rings (SSSR count). The number of para-hydroxylation sites is 1. The van der Waals surface area contributed by atoms with Gasteiger partial charge in [0.25, 0.3) is 0 Å². The summed E-state index contributed by atoms with van der Waals surface area (Å²) in [5, 5.41) is 11.0. The van der Waals surface area contributed by atoms with Gasteiger partial charge in [0.15, 0.2) is 0 Å². The van der Waals surface area contributed by atoms with Crippen LogP contribution in [-0.2, 0) is 4.79 Å². The molecular weight excluding hydrogens is 324 g/mol. The van der Waals surface area contributed by atoms with Crippen LogP contribution in [0.3, 0.4) is 0 Å². The van der Waals surface area contributed by atoms with Gasteiger partial charge in [-0.1, -0.05) is 24.3 Å². The van der Waals surface area contributed by atoms with Gasteiger partial charge in [-0.25, -0.2) is 0 Å². The minimum absolute atomic E-state index is 0.00898. The van der Waals surface area contributed by atoms with Crippen LogP contribution in [0.15, 0.2) is 42.1 Å². The summed E-state index contributed by atoms with van der Waals surface area (Å²) in [5.41, 5.74) is 3.52. The fourth-order valence-corrected chi connectivity index (χ4v) is 3.75. The van der Waals surface area contributed by atoms with Crippen LogP contribution >= 0.6 is 0 Å². The highest BCUT2D eigenvalue weighted by molar-refractivity contribution is 5.96. The highest BCUT2D eigenvalue weighted by Gasteiger charge is 2.39. The molecule has 0 atom stereocenters. The maximum absolute atomic E-state index is 12.6. The van der Waals surface area contributed by atoms with E-state index in [1.54, 1.807) is 0 Å². The van der Waals surface area contributed by atoms with Crippen LogP contribution in [-0.4, -0.2) is 35.1 Å². The van der Waals surface area contributed by atoms with Gasteiger partial charge in [-0.15, -0.1) is 0 Å². The molecule has 2 heterocycles. The van der Waals surface area contributed by atoms with Crippen molar-refractivity contribution >= 4 is 22.5 Å². The number of anilines is 1. The molecule has 0 saturated heterocycles. The van der Waals surface area contributed by atoms with E-state index in [0.29, 0.717) is 13.1 Å². The molecule has 0 aliphatic carbocycles. The predicted octanol–water partition coefficient (Wildman–Crippen LogP) is 3.16. The number of nitrogens with zero attached hydrogens (tertiary/aromatic N) is 1. The Labute approximate surface area is 155 Å². The van der Waals surface area contributed by atoms with Crippen LogP contribution in [0.1, 0.15) is 33.3 Å². The predicted molar refractivity (Wildman–Crippen MR) is 107 cm³/mol. The Hall–Kier alpha value is -2.40. The molecule has 0 radical (unpaired) electrons. The van der Waals surface area contributed by atoms with Gasteiger partial charge in [-0.2, -0.15) is 0 Å². The SMILES string of the molecule is Cc1cccc2c(NCCNC(=O)C3=CC(C)(C)NC3(C)C)ccnc12. The average Bonchev–Trinajstić information content (AvgIpc) is 2.79. The lowest BCUT2D eigenvalue weighted by Crippen LogP contribution is -2.48. The minimum Gasteiger partial charge on any atom is -0.383 e. The lowest BCUT2D eigenvalue weighted by atomic mass is 9.96. The van der Waals surface area contributed by atoms with Gasteiger partial charge in [-0.3, -0.25) is 15.1 Å². The number of amides is 1. The lowest BCUT2D eigenvalue weighted by molar-refractivity contribution is -0.117. The van der Waals surface area contributed by atoms with Gasteiger partial charge in [-0.05, 0) is 46.2 Å². The number of fused-ring (bicyclic) bond motifs is 1. The Morgan fingerprint density at radius 3 is 2.62 bits per heavy atom. The van der Waals surface area contributed by atoms with Crippen molar-refractivity contribution in [2.24, 2.45) is 0 Å². The smallest absolute Gasteiger partial charge is 0.248 e. The van der Waals surface area contributed by atoms with Crippen LogP contribution < -0.4 is 16.0 Å². The number of benzene rings is 1. The zero-order valence-corrected chi connectivity index (χ0v) is 16.2. The summed E-state index contributed by atoms with van der Waals surface area (Å²) in [6.07, 6.45) is 3.84. The highest BCUT2D eigenvalue weighted by Crippen LogP contribution is 2.29. The molecule has 26 heavy (non-hydrogen) atoms. The molecule has 1 aliphatic rings. The van der Waals surface area contributed by atoms with Crippen molar-refractivity contribution in [1.82, 2.24) is 15.6 Å². The minimum atomic E-state index is -0.320. The van der Waals surface area contributed by atoms with Crippen molar-refractivity contribution in [1.29, 1.82) is 0 Å². The highest BCUT2D eigenvalue weighted by atomic mass is 16.1. The summed E-state index contributed by atoms with van der Waals surface area (Å²) < 4.78 is 0. The summed E-state index contributed by atoms with van der Waals surface area (Å²) in [6, 6.07) is 8.14. The second-order valence-electron chi connectivity index (χ2n) is 8.04. The molecule has 1 aliphatic heterocycles.